The third-order valence-corrected chi connectivity index (χ3v) is 4.96. The molecule has 3 N–H and O–H groups in total. The van der Waals surface area contributed by atoms with E-state index < -0.39 is 0 Å². The zero-order valence-corrected chi connectivity index (χ0v) is 13.3. The summed E-state index contributed by atoms with van der Waals surface area (Å²) < 4.78 is 18.8. The molecule has 2 rings (SSSR count). The Bertz CT molecular complexity index is 476. The van der Waals surface area contributed by atoms with Gasteiger partial charge in [-0.3, -0.25) is 11.3 Å². The van der Waals surface area contributed by atoms with Crippen LogP contribution < -0.4 is 16.0 Å². The summed E-state index contributed by atoms with van der Waals surface area (Å²) in [4.78, 5) is 0. The number of methoxy groups -OCH3 is 1. The normalized spacial score (nSPS) is 22.8. The van der Waals surface area contributed by atoms with Gasteiger partial charge in [-0.15, -0.1) is 0 Å². The molecule has 2 unspecified atom stereocenters. The van der Waals surface area contributed by atoms with Gasteiger partial charge in [-0.2, -0.15) is 0 Å². The van der Waals surface area contributed by atoms with Crippen molar-refractivity contribution in [3.05, 3.63) is 29.6 Å². The number of rotatable bonds is 5. The highest BCUT2D eigenvalue weighted by molar-refractivity contribution is 5.29. The fraction of sp³-hybridized carbons (Fsp3) is 0.647. The van der Waals surface area contributed by atoms with E-state index in [0.29, 0.717) is 5.92 Å². The Kier molecular flexibility index (Phi) is 5.22. The van der Waals surface area contributed by atoms with Gasteiger partial charge in [-0.1, -0.05) is 32.8 Å². The Morgan fingerprint density at radius 3 is 2.76 bits per heavy atom. The maximum atomic E-state index is 13.8. The van der Waals surface area contributed by atoms with Crippen molar-refractivity contribution in [3.8, 4) is 5.75 Å². The zero-order valence-electron chi connectivity index (χ0n) is 13.3. The number of hydrogen-bond donors (Lipinski definition) is 2. The smallest absolute Gasteiger partial charge is 0.165 e. The van der Waals surface area contributed by atoms with Gasteiger partial charge in [0.05, 0.1) is 7.11 Å². The molecular weight excluding hydrogens is 267 g/mol. The van der Waals surface area contributed by atoms with Crippen molar-refractivity contribution < 1.29 is 9.13 Å². The number of ether oxygens (including phenoxy) is 1. The van der Waals surface area contributed by atoms with E-state index in [4.69, 9.17) is 10.6 Å². The van der Waals surface area contributed by atoms with Gasteiger partial charge in [0.15, 0.2) is 11.6 Å². The highest BCUT2D eigenvalue weighted by Crippen LogP contribution is 2.42. The van der Waals surface area contributed by atoms with Crippen LogP contribution in [0.1, 0.15) is 45.1 Å². The van der Waals surface area contributed by atoms with Crippen molar-refractivity contribution in [1.82, 2.24) is 5.43 Å². The van der Waals surface area contributed by atoms with Crippen molar-refractivity contribution in [3.63, 3.8) is 0 Å². The van der Waals surface area contributed by atoms with E-state index in [-0.39, 0.29) is 23.0 Å². The zero-order chi connectivity index (χ0) is 15.5. The van der Waals surface area contributed by atoms with Gasteiger partial charge >= 0.3 is 0 Å². The fourth-order valence-corrected chi connectivity index (χ4v) is 3.67. The molecule has 0 spiro atoms. The lowest BCUT2D eigenvalue weighted by Crippen LogP contribution is -2.48. The first kappa shape index (κ1) is 16.2. The second-order valence-electron chi connectivity index (χ2n) is 6.79. The predicted molar refractivity (Wildman–Crippen MR) is 83.5 cm³/mol. The average Bonchev–Trinajstić information content (AvgIpc) is 2.45. The Labute approximate surface area is 127 Å². The molecule has 0 radical (unpaired) electrons. The standard InChI is InChI=1S/C17H27FN2O/c1-17(2)9-5-4-6-13(17)15(20-19)11-12-7-8-16(21-3)14(18)10-12/h7-8,10,13,15,20H,4-6,9,11,19H2,1-3H3. The van der Waals surface area contributed by atoms with Crippen LogP contribution in [0, 0.1) is 17.2 Å². The maximum absolute atomic E-state index is 13.8. The number of hydrogen-bond acceptors (Lipinski definition) is 3. The van der Waals surface area contributed by atoms with Gasteiger partial charge < -0.3 is 4.74 Å². The summed E-state index contributed by atoms with van der Waals surface area (Å²) in [6, 6.07) is 5.33. The molecule has 118 valence electrons. The quantitative estimate of drug-likeness (QED) is 0.646. The van der Waals surface area contributed by atoms with Crippen LogP contribution in [0.15, 0.2) is 18.2 Å². The summed E-state index contributed by atoms with van der Waals surface area (Å²) in [6.07, 6.45) is 5.69. The minimum Gasteiger partial charge on any atom is -0.494 e. The van der Waals surface area contributed by atoms with Crippen molar-refractivity contribution in [2.45, 2.75) is 52.0 Å². The number of halogens is 1. The molecule has 3 nitrogen and oxygen atoms in total. The van der Waals surface area contributed by atoms with Crippen LogP contribution in [0.4, 0.5) is 4.39 Å². The van der Waals surface area contributed by atoms with Crippen LogP contribution in [0.3, 0.4) is 0 Å². The molecule has 1 aromatic rings. The molecule has 1 fully saturated rings. The first-order valence-corrected chi connectivity index (χ1v) is 7.76. The van der Waals surface area contributed by atoms with E-state index in [1.807, 2.05) is 6.07 Å². The van der Waals surface area contributed by atoms with E-state index in [9.17, 15) is 4.39 Å². The molecule has 1 saturated carbocycles. The number of hydrazine groups is 1. The molecule has 0 heterocycles. The maximum Gasteiger partial charge on any atom is 0.165 e. The minimum absolute atomic E-state index is 0.174. The monoisotopic (exact) mass is 294 g/mol. The van der Waals surface area contributed by atoms with Gasteiger partial charge in [0.1, 0.15) is 0 Å². The van der Waals surface area contributed by atoms with Crippen LogP contribution in [-0.4, -0.2) is 13.2 Å². The summed E-state index contributed by atoms with van der Waals surface area (Å²) in [5.74, 6) is 6.29. The molecular formula is C17H27FN2O. The second-order valence-corrected chi connectivity index (χ2v) is 6.79. The van der Waals surface area contributed by atoms with Crippen LogP contribution in [-0.2, 0) is 6.42 Å². The summed E-state index contributed by atoms with van der Waals surface area (Å²) in [5, 5.41) is 0. The predicted octanol–water partition coefficient (Wildman–Crippen LogP) is 3.43. The molecule has 0 saturated heterocycles. The van der Waals surface area contributed by atoms with Crippen LogP contribution in [0.25, 0.3) is 0 Å². The van der Waals surface area contributed by atoms with Gasteiger partial charge in [0.25, 0.3) is 0 Å². The highest BCUT2D eigenvalue weighted by Gasteiger charge is 2.37. The first-order valence-electron chi connectivity index (χ1n) is 7.76. The van der Waals surface area contributed by atoms with Gasteiger partial charge in [0, 0.05) is 6.04 Å². The van der Waals surface area contributed by atoms with Gasteiger partial charge in [0.2, 0.25) is 0 Å². The third-order valence-electron chi connectivity index (χ3n) is 4.96. The summed E-state index contributed by atoms with van der Waals surface area (Å²) in [5.41, 5.74) is 4.20. The average molecular weight is 294 g/mol. The van der Waals surface area contributed by atoms with E-state index in [2.05, 4.69) is 19.3 Å². The molecule has 1 aliphatic rings. The molecule has 1 aromatic carbocycles. The number of nitrogens with one attached hydrogen (secondary N) is 1. The lowest BCUT2D eigenvalue weighted by atomic mass is 9.65. The largest absolute Gasteiger partial charge is 0.494 e. The van der Waals surface area contributed by atoms with Crippen molar-refractivity contribution in [2.75, 3.05) is 7.11 Å². The van der Waals surface area contributed by atoms with Crippen molar-refractivity contribution in [1.29, 1.82) is 0 Å². The van der Waals surface area contributed by atoms with E-state index in [1.54, 1.807) is 12.1 Å². The van der Waals surface area contributed by atoms with E-state index >= 15 is 0 Å². The van der Waals surface area contributed by atoms with Crippen LogP contribution >= 0.6 is 0 Å². The van der Waals surface area contributed by atoms with Crippen molar-refractivity contribution >= 4 is 0 Å². The topological polar surface area (TPSA) is 47.3 Å². The third kappa shape index (κ3) is 3.74. The molecule has 1 aliphatic carbocycles. The van der Waals surface area contributed by atoms with Crippen LogP contribution in [0.5, 0.6) is 5.75 Å². The van der Waals surface area contributed by atoms with Gasteiger partial charge in [-0.05, 0) is 48.3 Å². The van der Waals surface area contributed by atoms with Crippen LogP contribution in [0.2, 0.25) is 0 Å². The van der Waals surface area contributed by atoms with Crippen molar-refractivity contribution in [2.24, 2.45) is 17.2 Å². The molecule has 21 heavy (non-hydrogen) atoms. The summed E-state index contributed by atoms with van der Waals surface area (Å²) >= 11 is 0. The highest BCUT2D eigenvalue weighted by atomic mass is 19.1. The molecule has 0 bridgehead atoms. The van der Waals surface area contributed by atoms with Gasteiger partial charge in [-0.25, -0.2) is 4.39 Å². The Hall–Kier alpha value is -1.13. The Balaban J connectivity index is 2.13. The molecule has 0 amide bonds. The second kappa shape index (κ2) is 6.75. The number of nitrogens with two attached hydrogens (primary N) is 1. The lowest BCUT2D eigenvalue weighted by Gasteiger charge is -2.43. The molecule has 2 atom stereocenters. The summed E-state index contributed by atoms with van der Waals surface area (Å²) in [6.45, 7) is 4.63. The van der Waals surface area contributed by atoms with E-state index in [1.165, 1.54) is 32.8 Å². The Morgan fingerprint density at radius 1 is 1.43 bits per heavy atom. The SMILES string of the molecule is COc1ccc(CC(NN)C2CCCCC2(C)C)cc1F. The summed E-state index contributed by atoms with van der Waals surface area (Å²) in [7, 11) is 1.48. The lowest BCUT2D eigenvalue weighted by molar-refractivity contribution is 0.0981. The minimum atomic E-state index is -0.311. The molecule has 0 aliphatic heterocycles. The fourth-order valence-electron chi connectivity index (χ4n) is 3.67. The molecule has 0 aromatic heterocycles. The molecule has 4 heteroatoms. The Morgan fingerprint density at radius 2 is 2.19 bits per heavy atom. The first-order chi connectivity index (χ1) is 9.97. The van der Waals surface area contributed by atoms with E-state index in [0.717, 1.165) is 12.0 Å². The number of benzene rings is 1.